The van der Waals surface area contributed by atoms with E-state index in [4.69, 9.17) is 0 Å². The van der Waals surface area contributed by atoms with E-state index < -0.39 is 0 Å². The van der Waals surface area contributed by atoms with Crippen LogP contribution in [0.5, 0.6) is 0 Å². The number of benzene rings is 1. The van der Waals surface area contributed by atoms with E-state index in [9.17, 15) is 0 Å². The van der Waals surface area contributed by atoms with Crippen LogP contribution in [0.25, 0.3) is 0 Å². The molecule has 2 nitrogen and oxygen atoms in total. The van der Waals surface area contributed by atoms with Crippen LogP contribution in [0.4, 0.5) is 0 Å². The SMILES string of the molecule is CCCCCCCCCCCC[N+](CCC)(CCC)Cc1ccc(C[N+](CCC)(CCC)CCCCCCCCCCCC)cc1.[F-].[F-]. The van der Waals surface area contributed by atoms with Gasteiger partial charge in [0.1, 0.15) is 13.1 Å². The molecule has 0 bridgehead atoms. The van der Waals surface area contributed by atoms with Crippen LogP contribution < -0.4 is 9.41 Å². The van der Waals surface area contributed by atoms with Gasteiger partial charge in [-0.3, -0.25) is 0 Å². The first-order valence-electron chi connectivity index (χ1n) is 21.3. The molecule has 1 rings (SSSR count). The van der Waals surface area contributed by atoms with Gasteiger partial charge in [0.05, 0.1) is 39.3 Å². The van der Waals surface area contributed by atoms with E-state index in [0.29, 0.717) is 0 Å². The number of nitrogens with zero attached hydrogens (tertiary/aromatic N) is 2. The Labute approximate surface area is 301 Å². The highest BCUT2D eigenvalue weighted by Gasteiger charge is 2.27. The smallest absolute Gasteiger partial charge is 0.104 e. The molecule has 0 spiro atoms. The van der Waals surface area contributed by atoms with Gasteiger partial charge < -0.3 is 18.4 Å². The van der Waals surface area contributed by atoms with E-state index in [-0.39, 0.29) is 9.41 Å². The van der Waals surface area contributed by atoms with Crippen LogP contribution in [-0.4, -0.2) is 48.2 Å². The Morgan fingerprint density at radius 1 is 0.292 bits per heavy atom. The number of halogens is 2. The zero-order chi connectivity index (χ0) is 33.6. The summed E-state index contributed by atoms with van der Waals surface area (Å²) < 4.78 is 2.60. The quantitative estimate of drug-likeness (QED) is 0.0515. The topological polar surface area (TPSA) is 0 Å². The van der Waals surface area contributed by atoms with Crippen molar-refractivity contribution in [1.82, 2.24) is 0 Å². The van der Waals surface area contributed by atoms with Gasteiger partial charge in [-0.2, -0.15) is 0 Å². The van der Waals surface area contributed by atoms with Gasteiger partial charge in [-0.05, 0) is 51.4 Å². The average Bonchev–Trinajstić information content (AvgIpc) is 3.04. The summed E-state index contributed by atoms with van der Waals surface area (Å²) in [4.78, 5) is 0. The van der Waals surface area contributed by atoms with Crippen molar-refractivity contribution >= 4 is 0 Å². The van der Waals surface area contributed by atoms with Gasteiger partial charge in [0.25, 0.3) is 0 Å². The summed E-state index contributed by atoms with van der Waals surface area (Å²) in [6, 6.07) is 10.1. The summed E-state index contributed by atoms with van der Waals surface area (Å²) in [5, 5.41) is 0. The van der Waals surface area contributed by atoms with Crippen molar-refractivity contribution in [2.45, 2.75) is 209 Å². The van der Waals surface area contributed by atoms with Gasteiger partial charge in [-0.25, -0.2) is 0 Å². The van der Waals surface area contributed by atoms with Crippen LogP contribution in [0.2, 0.25) is 0 Å². The molecule has 0 amide bonds. The van der Waals surface area contributed by atoms with Crippen molar-refractivity contribution in [2.75, 3.05) is 39.3 Å². The predicted octanol–water partition coefficient (Wildman–Crippen LogP) is 7.81. The molecule has 0 heterocycles. The van der Waals surface area contributed by atoms with E-state index >= 15 is 0 Å². The Morgan fingerprint density at radius 3 is 0.750 bits per heavy atom. The van der Waals surface area contributed by atoms with Crippen LogP contribution in [0.15, 0.2) is 24.3 Å². The van der Waals surface area contributed by atoms with Crippen molar-refractivity contribution in [3.8, 4) is 0 Å². The van der Waals surface area contributed by atoms with Gasteiger partial charge in [0.2, 0.25) is 0 Å². The third kappa shape index (κ3) is 23.4. The largest absolute Gasteiger partial charge is 1.00 e. The number of quaternary nitrogens is 2. The summed E-state index contributed by atoms with van der Waals surface area (Å²) >= 11 is 0. The Kier molecular flexibility index (Phi) is 33.9. The molecule has 0 saturated carbocycles. The molecule has 48 heavy (non-hydrogen) atoms. The van der Waals surface area contributed by atoms with Gasteiger partial charge in [0, 0.05) is 11.1 Å². The molecule has 0 fully saturated rings. The second-order valence-electron chi connectivity index (χ2n) is 15.5. The molecular weight excluding hydrogens is 594 g/mol. The molecule has 4 heteroatoms. The summed E-state index contributed by atoms with van der Waals surface area (Å²) in [6.07, 6.45) is 33.8. The van der Waals surface area contributed by atoms with E-state index in [1.165, 1.54) is 215 Å². The third-order valence-corrected chi connectivity index (χ3v) is 10.8. The summed E-state index contributed by atoms with van der Waals surface area (Å²) in [6.45, 7) is 24.7. The standard InChI is InChI=1S/C44H86N2.2FH/c1-7-13-15-17-19-21-23-25-27-29-39-45(35-9-3,36-10-4)41-43-31-33-44(34-32-43)42-46(37-11-5,38-12-6)40-30-28-26-24-22-20-18-16-14-8-2;;/h31-34H,7-30,35-42H2,1-6H3;2*1H/q+2;;/p-2. The molecule has 286 valence electrons. The summed E-state index contributed by atoms with van der Waals surface area (Å²) in [5.74, 6) is 0. The maximum atomic E-state index is 2.51. The maximum Gasteiger partial charge on any atom is 0.104 e. The second kappa shape index (κ2) is 33.2. The lowest BCUT2D eigenvalue weighted by molar-refractivity contribution is -0.941. The van der Waals surface area contributed by atoms with E-state index in [1.807, 2.05) is 0 Å². The van der Waals surface area contributed by atoms with Crippen molar-refractivity contribution in [3.63, 3.8) is 0 Å². The van der Waals surface area contributed by atoms with Gasteiger partial charge in [-0.15, -0.1) is 0 Å². The monoisotopic (exact) mass is 681 g/mol. The van der Waals surface area contributed by atoms with Gasteiger partial charge in [-0.1, -0.05) is 169 Å². The fraction of sp³-hybridized carbons (Fsp3) is 0.864. The normalized spacial score (nSPS) is 11.8. The number of hydrogen-bond donors (Lipinski definition) is 0. The first-order valence-corrected chi connectivity index (χ1v) is 21.3. The van der Waals surface area contributed by atoms with Crippen molar-refractivity contribution in [2.24, 2.45) is 0 Å². The minimum Gasteiger partial charge on any atom is -1.00 e. The van der Waals surface area contributed by atoms with Gasteiger partial charge in [0.15, 0.2) is 0 Å². The Hall–Kier alpha value is -1.00. The van der Waals surface area contributed by atoms with Crippen molar-refractivity contribution < 1.29 is 18.4 Å². The molecule has 0 saturated heterocycles. The maximum absolute atomic E-state index is 2.51. The Morgan fingerprint density at radius 2 is 0.521 bits per heavy atom. The molecular formula is C44H86F2N2. The number of unbranched alkanes of at least 4 members (excludes halogenated alkanes) is 18. The van der Waals surface area contributed by atoms with E-state index in [1.54, 1.807) is 11.1 Å². The molecule has 0 unspecified atom stereocenters. The molecule has 0 aromatic heterocycles. The third-order valence-electron chi connectivity index (χ3n) is 10.8. The molecule has 0 N–H and O–H groups in total. The zero-order valence-corrected chi connectivity index (χ0v) is 33.6. The van der Waals surface area contributed by atoms with Crippen molar-refractivity contribution in [1.29, 1.82) is 0 Å². The molecule has 1 aromatic rings. The molecule has 0 atom stereocenters. The lowest BCUT2D eigenvalue weighted by Gasteiger charge is -2.40. The predicted molar refractivity (Wildman–Crippen MR) is 208 cm³/mol. The van der Waals surface area contributed by atoms with Crippen molar-refractivity contribution in [3.05, 3.63) is 35.4 Å². The number of rotatable bonds is 34. The summed E-state index contributed by atoms with van der Waals surface area (Å²) in [7, 11) is 0. The Balaban J connectivity index is 0. The minimum atomic E-state index is 0. The highest BCUT2D eigenvalue weighted by Crippen LogP contribution is 2.23. The highest BCUT2D eigenvalue weighted by molar-refractivity contribution is 5.21. The Bertz CT molecular complexity index is 704. The average molecular weight is 681 g/mol. The molecule has 0 aliphatic rings. The fourth-order valence-corrected chi connectivity index (χ4v) is 8.44. The van der Waals surface area contributed by atoms with E-state index in [0.717, 1.165) is 0 Å². The molecule has 0 radical (unpaired) electrons. The highest BCUT2D eigenvalue weighted by atomic mass is 19.0. The first-order chi connectivity index (χ1) is 22.5. The lowest BCUT2D eigenvalue weighted by atomic mass is 10.0. The van der Waals surface area contributed by atoms with Crippen LogP contribution in [-0.2, 0) is 13.1 Å². The zero-order valence-electron chi connectivity index (χ0n) is 33.6. The molecule has 1 aromatic carbocycles. The van der Waals surface area contributed by atoms with Gasteiger partial charge >= 0.3 is 0 Å². The van der Waals surface area contributed by atoms with Crippen LogP contribution in [0.3, 0.4) is 0 Å². The van der Waals surface area contributed by atoms with E-state index in [2.05, 4.69) is 65.8 Å². The fourth-order valence-electron chi connectivity index (χ4n) is 8.44. The molecule has 0 aliphatic heterocycles. The second-order valence-corrected chi connectivity index (χ2v) is 15.5. The lowest BCUT2D eigenvalue weighted by Crippen LogP contribution is -3.00. The first kappa shape index (κ1) is 49.1. The molecule has 0 aliphatic carbocycles. The van der Waals surface area contributed by atoms with Crippen LogP contribution in [0, 0.1) is 0 Å². The number of hydrogen-bond acceptors (Lipinski definition) is 0. The van der Waals surface area contributed by atoms with Crippen LogP contribution >= 0.6 is 0 Å². The minimum absolute atomic E-state index is 0. The van der Waals surface area contributed by atoms with Crippen LogP contribution in [0.1, 0.15) is 207 Å². The summed E-state index contributed by atoms with van der Waals surface area (Å²) in [5.41, 5.74) is 3.13.